The Balaban J connectivity index is 2.52. The summed E-state index contributed by atoms with van der Waals surface area (Å²) in [5.74, 6) is -0.00779. The molecule has 0 aromatic rings. The molecule has 7 heteroatoms. The van der Waals surface area contributed by atoms with Gasteiger partial charge < -0.3 is 29.9 Å². The predicted molar refractivity (Wildman–Crippen MR) is 82.5 cm³/mol. The molecule has 0 saturated carbocycles. The van der Waals surface area contributed by atoms with Crippen LogP contribution in [0.1, 0.15) is 27.2 Å². The fourth-order valence-corrected chi connectivity index (χ4v) is 2.21. The van der Waals surface area contributed by atoms with Gasteiger partial charge in [0.25, 0.3) is 0 Å². The number of ether oxygens (including phenoxy) is 2. The Kier molecular flexibility index (Phi) is 8.04. The Labute approximate surface area is 135 Å². The first-order valence-electron chi connectivity index (χ1n) is 7.51. The van der Waals surface area contributed by atoms with Gasteiger partial charge >= 0.3 is 0 Å². The molecule has 7 nitrogen and oxygen atoms in total. The summed E-state index contributed by atoms with van der Waals surface area (Å²) >= 11 is 0. The maximum absolute atomic E-state index is 11.6. The van der Waals surface area contributed by atoms with Gasteiger partial charge in [0.15, 0.2) is 12.1 Å². The van der Waals surface area contributed by atoms with Gasteiger partial charge in [-0.05, 0) is 26.8 Å². The predicted octanol–water partition coefficient (Wildman–Crippen LogP) is -0.325. The molecule has 0 unspecified atom stereocenters. The van der Waals surface area contributed by atoms with E-state index in [9.17, 15) is 20.1 Å². The van der Waals surface area contributed by atoms with Gasteiger partial charge in [0.05, 0.1) is 13.2 Å². The molecule has 0 spiro atoms. The number of aliphatic hydroxyl groups is 4. The van der Waals surface area contributed by atoms with Crippen molar-refractivity contribution in [2.75, 3.05) is 13.2 Å². The lowest BCUT2D eigenvalue weighted by atomic mass is 9.99. The van der Waals surface area contributed by atoms with Crippen molar-refractivity contribution in [3.63, 3.8) is 0 Å². The average Bonchev–Trinajstić information content (AvgIpc) is 2.46. The van der Waals surface area contributed by atoms with Crippen molar-refractivity contribution in [1.29, 1.82) is 0 Å². The Morgan fingerprint density at radius 1 is 1.13 bits per heavy atom. The average molecular weight is 330 g/mol. The lowest BCUT2D eigenvalue weighted by Crippen LogP contribution is -2.59. The molecule has 1 heterocycles. The fraction of sp³-hybridized carbons (Fsp3) is 0.688. The molecule has 132 valence electrons. The van der Waals surface area contributed by atoms with E-state index in [0.717, 1.165) is 11.1 Å². The van der Waals surface area contributed by atoms with Crippen LogP contribution in [0.4, 0.5) is 0 Å². The van der Waals surface area contributed by atoms with Gasteiger partial charge in [0, 0.05) is 6.42 Å². The highest BCUT2D eigenvalue weighted by molar-refractivity contribution is 5.91. The van der Waals surface area contributed by atoms with E-state index in [2.05, 4.69) is 0 Å². The van der Waals surface area contributed by atoms with E-state index >= 15 is 0 Å². The van der Waals surface area contributed by atoms with Gasteiger partial charge in [0.1, 0.15) is 24.4 Å². The number of ketones is 1. The fourth-order valence-electron chi connectivity index (χ4n) is 2.21. The topological polar surface area (TPSA) is 116 Å². The van der Waals surface area contributed by atoms with Crippen molar-refractivity contribution in [3.05, 3.63) is 23.3 Å². The number of carbonyl (C=O) groups is 1. The molecule has 0 bridgehead atoms. The minimum Gasteiger partial charge on any atom is -0.394 e. The second-order valence-corrected chi connectivity index (χ2v) is 5.95. The highest BCUT2D eigenvalue weighted by Crippen LogP contribution is 2.22. The number of rotatable bonds is 7. The van der Waals surface area contributed by atoms with Crippen molar-refractivity contribution in [2.45, 2.75) is 57.9 Å². The van der Waals surface area contributed by atoms with Crippen LogP contribution < -0.4 is 0 Å². The first kappa shape index (κ1) is 20.0. The molecule has 23 heavy (non-hydrogen) atoms. The SMILES string of the molecule is CC(C)=CC(=O)C/C(C)=C/CO[C@@H]1O[C@H](CO)[C@@H](O)[C@H](O)[C@H]1O. The molecular weight excluding hydrogens is 304 g/mol. The first-order chi connectivity index (χ1) is 10.8. The Morgan fingerprint density at radius 3 is 2.35 bits per heavy atom. The van der Waals surface area contributed by atoms with Crippen molar-refractivity contribution in [1.82, 2.24) is 0 Å². The van der Waals surface area contributed by atoms with E-state index < -0.39 is 37.3 Å². The quantitative estimate of drug-likeness (QED) is 0.373. The van der Waals surface area contributed by atoms with Gasteiger partial charge in [-0.1, -0.05) is 17.2 Å². The summed E-state index contributed by atoms with van der Waals surface area (Å²) in [6, 6.07) is 0. The van der Waals surface area contributed by atoms with Crippen LogP contribution >= 0.6 is 0 Å². The number of carbonyl (C=O) groups excluding carboxylic acids is 1. The zero-order valence-electron chi connectivity index (χ0n) is 13.7. The van der Waals surface area contributed by atoms with Crippen LogP contribution in [0.15, 0.2) is 23.3 Å². The molecule has 1 aliphatic rings. The van der Waals surface area contributed by atoms with Crippen LogP contribution in [0.5, 0.6) is 0 Å². The number of hydrogen-bond acceptors (Lipinski definition) is 7. The number of allylic oxidation sites excluding steroid dienone is 3. The standard InChI is InChI=1S/C16H26O7/c1-9(2)6-11(18)7-10(3)4-5-22-16-15(21)14(20)13(19)12(8-17)23-16/h4,6,12-17,19-21H,5,7-8H2,1-3H3/b10-4+/t12-,13-,14+,15-,16-/m1/s1. The van der Waals surface area contributed by atoms with Crippen molar-refractivity contribution in [3.8, 4) is 0 Å². The van der Waals surface area contributed by atoms with Gasteiger partial charge in [-0.2, -0.15) is 0 Å². The Bertz CT molecular complexity index is 451. The smallest absolute Gasteiger partial charge is 0.187 e. The van der Waals surface area contributed by atoms with E-state index in [-0.39, 0.29) is 18.8 Å². The van der Waals surface area contributed by atoms with E-state index in [1.807, 2.05) is 13.8 Å². The maximum atomic E-state index is 11.6. The largest absolute Gasteiger partial charge is 0.394 e. The third kappa shape index (κ3) is 6.14. The van der Waals surface area contributed by atoms with Crippen molar-refractivity contribution >= 4 is 5.78 Å². The van der Waals surface area contributed by atoms with Gasteiger partial charge in [-0.15, -0.1) is 0 Å². The molecule has 0 amide bonds. The van der Waals surface area contributed by atoms with Crippen LogP contribution in [-0.4, -0.2) is 70.1 Å². The summed E-state index contributed by atoms with van der Waals surface area (Å²) in [6.07, 6.45) is -2.94. The van der Waals surface area contributed by atoms with E-state index in [1.54, 1.807) is 19.1 Å². The minimum absolute atomic E-state index is 0.00779. The molecule has 1 aliphatic heterocycles. The zero-order chi connectivity index (χ0) is 17.6. The molecule has 4 N–H and O–H groups in total. The first-order valence-corrected chi connectivity index (χ1v) is 7.51. The van der Waals surface area contributed by atoms with Gasteiger partial charge in [-0.25, -0.2) is 0 Å². The van der Waals surface area contributed by atoms with Crippen LogP contribution in [-0.2, 0) is 14.3 Å². The maximum Gasteiger partial charge on any atom is 0.187 e. The molecule has 0 aromatic heterocycles. The molecule has 0 aromatic carbocycles. The van der Waals surface area contributed by atoms with Crippen LogP contribution in [0.3, 0.4) is 0 Å². The monoisotopic (exact) mass is 330 g/mol. The Morgan fingerprint density at radius 2 is 1.78 bits per heavy atom. The molecule has 0 aliphatic carbocycles. The molecule has 1 saturated heterocycles. The summed E-state index contributed by atoms with van der Waals surface area (Å²) in [4.78, 5) is 11.6. The van der Waals surface area contributed by atoms with E-state index in [0.29, 0.717) is 0 Å². The third-order valence-corrected chi connectivity index (χ3v) is 3.44. The minimum atomic E-state index is -1.46. The van der Waals surface area contributed by atoms with Crippen LogP contribution in [0.2, 0.25) is 0 Å². The normalized spacial score (nSPS) is 31.8. The second-order valence-electron chi connectivity index (χ2n) is 5.95. The summed E-state index contributed by atoms with van der Waals surface area (Å²) in [7, 11) is 0. The summed E-state index contributed by atoms with van der Waals surface area (Å²) in [5, 5.41) is 38.2. The summed E-state index contributed by atoms with van der Waals surface area (Å²) in [6.45, 7) is 5.04. The third-order valence-electron chi connectivity index (χ3n) is 3.44. The van der Waals surface area contributed by atoms with Gasteiger partial charge in [-0.3, -0.25) is 4.79 Å². The summed E-state index contributed by atoms with van der Waals surface area (Å²) < 4.78 is 10.5. The van der Waals surface area contributed by atoms with Gasteiger partial charge in [0.2, 0.25) is 0 Å². The zero-order valence-corrected chi connectivity index (χ0v) is 13.7. The van der Waals surface area contributed by atoms with E-state index in [1.165, 1.54) is 0 Å². The molecular formula is C16H26O7. The molecule has 0 radical (unpaired) electrons. The van der Waals surface area contributed by atoms with E-state index in [4.69, 9.17) is 14.6 Å². The Hall–Kier alpha value is -1.09. The number of hydrogen-bond donors (Lipinski definition) is 4. The van der Waals surface area contributed by atoms with Crippen molar-refractivity contribution < 1.29 is 34.7 Å². The van der Waals surface area contributed by atoms with Crippen LogP contribution in [0.25, 0.3) is 0 Å². The van der Waals surface area contributed by atoms with Crippen LogP contribution in [0, 0.1) is 0 Å². The van der Waals surface area contributed by atoms with Crippen molar-refractivity contribution in [2.24, 2.45) is 0 Å². The molecule has 5 atom stereocenters. The molecule has 1 rings (SSSR count). The highest BCUT2D eigenvalue weighted by Gasteiger charge is 2.43. The highest BCUT2D eigenvalue weighted by atomic mass is 16.7. The second kappa shape index (κ2) is 9.27. The molecule has 1 fully saturated rings. The summed E-state index contributed by atoms with van der Waals surface area (Å²) in [5.41, 5.74) is 1.73. The number of aliphatic hydroxyl groups excluding tert-OH is 4. The lowest BCUT2D eigenvalue weighted by Gasteiger charge is -2.39. The lowest BCUT2D eigenvalue weighted by molar-refractivity contribution is -0.298.